The van der Waals surface area contributed by atoms with Gasteiger partial charge in [0.25, 0.3) is 0 Å². The van der Waals surface area contributed by atoms with E-state index in [4.69, 9.17) is 21.4 Å². The zero-order valence-corrected chi connectivity index (χ0v) is 11.7. The van der Waals surface area contributed by atoms with Gasteiger partial charge < -0.3 is 9.84 Å². The van der Waals surface area contributed by atoms with Crippen LogP contribution in [0.25, 0.3) is 0 Å². The number of halogens is 1. The summed E-state index contributed by atoms with van der Waals surface area (Å²) >= 11 is 6.23. The van der Waals surface area contributed by atoms with Gasteiger partial charge in [-0.25, -0.2) is 0 Å². The Labute approximate surface area is 116 Å². The van der Waals surface area contributed by atoms with Gasteiger partial charge in [-0.05, 0) is 18.6 Å². The van der Waals surface area contributed by atoms with Crippen molar-refractivity contribution < 1.29 is 9.84 Å². The maximum absolute atomic E-state index is 8.91. The fraction of sp³-hybridized carbons (Fsp3) is 0.385. The second kappa shape index (κ2) is 6.04. The zero-order chi connectivity index (χ0) is 13.8. The van der Waals surface area contributed by atoms with E-state index in [-0.39, 0.29) is 6.61 Å². The van der Waals surface area contributed by atoms with E-state index in [0.29, 0.717) is 23.1 Å². The summed E-state index contributed by atoms with van der Waals surface area (Å²) in [7, 11) is 1.84. The smallest absolute Gasteiger partial charge is 0.138 e. The fourth-order valence-electron chi connectivity index (χ4n) is 1.72. The van der Waals surface area contributed by atoms with E-state index >= 15 is 0 Å². The number of aliphatic hydroxyl groups is 1. The van der Waals surface area contributed by atoms with Crippen molar-refractivity contribution in [1.29, 1.82) is 0 Å². The average Bonchev–Trinajstić information content (AvgIpc) is 2.72. The second-order valence-corrected chi connectivity index (χ2v) is 4.49. The highest BCUT2D eigenvalue weighted by Gasteiger charge is 2.13. The molecule has 2 aromatic heterocycles. The lowest BCUT2D eigenvalue weighted by Gasteiger charge is -2.07. The molecule has 0 saturated heterocycles. The predicted molar refractivity (Wildman–Crippen MR) is 72.1 cm³/mol. The van der Waals surface area contributed by atoms with Crippen molar-refractivity contribution in [1.82, 2.24) is 14.8 Å². The van der Waals surface area contributed by atoms with Crippen molar-refractivity contribution in [2.45, 2.75) is 26.6 Å². The third kappa shape index (κ3) is 3.05. The van der Waals surface area contributed by atoms with E-state index in [1.807, 2.05) is 14.0 Å². The fourth-order valence-corrected chi connectivity index (χ4v) is 2.07. The number of pyridine rings is 1. The Balaban J connectivity index is 2.07. The van der Waals surface area contributed by atoms with Crippen LogP contribution in [0.3, 0.4) is 0 Å². The van der Waals surface area contributed by atoms with Gasteiger partial charge in [0, 0.05) is 7.05 Å². The molecular formula is C13H16ClN3O2. The van der Waals surface area contributed by atoms with E-state index in [1.54, 1.807) is 23.0 Å². The first-order valence-corrected chi connectivity index (χ1v) is 6.42. The summed E-state index contributed by atoms with van der Waals surface area (Å²) in [5.74, 6) is 0.632. The Morgan fingerprint density at radius 1 is 1.42 bits per heavy atom. The first-order valence-electron chi connectivity index (χ1n) is 6.04. The summed E-state index contributed by atoms with van der Waals surface area (Å²) in [6.45, 7) is 2.27. The molecule has 0 unspecified atom stereocenters. The van der Waals surface area contributed by atoms with Crippen LogP contribution in [0, 0.1) is 0 Å². The maximum Gasteiger partial charge on any atom is 0.138 e. The molecule has 0 fully saturated rings. The van der Waals surface area contributed by atoms with Crippen molar-refractivity contribution >= 4 is 11.6 Å². The van der Waals surface area contributed by atoms with Crippen LogP contribution in [0.4, 0.5) is 0 Å². The number of aryl methyl sites for hydroxylation is 2. The Morgan fingerprint density at radius 3 is 2.74 bits per heavy atom. The van der Waals surface area contributed by atoms with Gasteiger partial charge in [0.2, 0.25) is 0 Å². The quantitative estimate of drug-likeness (QED) is 0.912. The van der Waals surface area contributed by atoms with Crippen LogP contribution < -0.4 is 4.74 Å². The molecule has 1 N–H and O–H groups in total. The molecule has 2 aromatic rings. The minimum absolute atomic E-state index is 0.0757. The maximum atomic E-state index is 8.91. The minimum Gasteiger partial charge on any atom is -0.486 e. The van der Waals surface area contributed by atoms with Crippen LogP contribution in [0.15, 0.2) is 18.3 Å². The lowest BCUT2D eigenvalue weighted by Crippen LogP contribution is -2.04. The molecule has 0 spiro atoms. The van der Waals surface area contributed by atoms with Gasteiger partial charge in [0.15, 0.2) is 0 Å². The zero-order valence-electron chi connectivity index (χ0n) is 10.9. The van der Waals surface area contributed by atoms with Crippen LogP contribution in [-0.4, -0.2) is 19.9 Å². The number of aromatic nitrogens is 3. The molecule has 2 rings (SSSR count). The number of ether oxygens (including phenoxy) is 1. The van der Waals surface area contributed by atoms with E-state index < -0.39 is 0 Å². The highest BCUT2D eigenvalue weighted by molar-refractivity contribution is 6.31. The van der Waals surface area contributed by atoms with Gasteiger partial charge >= 0.3 is 0 Å². The van der Waals surface area contributed by atoms with Gasteiger partial charge in [0.05, 0.1) is 34.9 Å². The van der Waals surface area contributed by atoms with Crippen molar-refractivity contribution in [3.63, 3.8) is 0 Å². The van der Waals surface area contributed by atoms with Gasteiger partial charge in [-0.15, -0.1) is 0 Å². The average molecular weight is 282 g/mol. The molecule has 0 aliphatic carbocycles. The Morgan fingerprint density at radius 2 is 2.21 bits per heavy atom. The van der Waals surface area contributed by atoms with Crippen molar-refractivity contribution in [2.75, 3.05) is 0 Å². The predicted octanol–water partition coefficient (Wildman–Crippen LogP) is 2.10. The normalized spacial score (nSPS) is 10.7. The summed E-state index contributed by atoms with van der Waals surface area (Å²) in [5, 5.41) is 13.9. The van der Waals surface area contributed by atoms with Crippen LogP contribution in [0.2, 0.25) is 5.02 Å². The Hall–Kier alpha value is -1.59. The van der Waals surface area contributed by atoms with Gasteiger partial charge in [-0.1, -0.05) is 18.5 Å². The molecule has 0 radical (unpaired) electrons. The third-order valence-corrected chi connectivity index (χ3v) is 3.27. The summed E-state index contributed by atoms with van der Waals surface area (Å²) in [6, 6.07) is 3.49. The highest BCUT2D eigenvalue weighted by atomic mass is 35.5. The number of hydrogen-bond donors (Lipinski definition) is 1. The molecule has 0 atom stereocenters. The van der Waals surface area contributed by atoms with Crippen LogP contribution in [-0.2, 0) is 26.7 Å². The number of rotatable bonds is 5. The molecule has 6 heteroatoms. The largest absolute Gasteiger partial charge is 0.486 e. The van der Waals surface area contributed by atoms with E-state index in [2.05, 4.69) is 10.1 Å². The molecule has 0 bridgehead atoms. The Kier molecular flexibility index (Phi) is 4.39. The van der Waals surface area contributed by atoms with Crippen LogP contribution in [0.5, 0.6) is 5.75 Å². The third-order valence-electron chi connectivity index (χ3n) is 2.84. The summed E-state index contributed by atoms with van der Waals surface area (Å²) in [5.41, 5.74) is 2.32. The standard InChI is InChI=1S/C13H16ClN3O2/c1-3-11-13(14)12(17(2)16-11)8-19-10-5-4-9(7-18)15-6-10/h4-6,18H,3,7-8H2,1-2H3. The first kappa shape index (κ1) is 13.8. The number of nitrogens with zero attached hydrogens (tertiary/aromatic N) is 3. The van der Waals surface area contributed by atoms with Gasteiger partial charge in [-0.3, -0.25) is 9.67 Å². The van der Waals surface area contributed by atoms with E-state index in [9.17, 15) is 0 Å². The molecule has 0 aliphatic heterocycles. The first-order chi connectivity index (χ1) is 9.15. The molecule has 5 nitrogen and oxygen atoms in total. The Bertz CT molecular complexity index is 552. The lowest BCUT2D eigenvalue weighted by molar-refractivity contribution is 0.274. The summed E-state index contributed by atoms with van der Waals surface area (Å²) in [4.78, 5) is 4.05. The highest BCUT2D eigenvalue weighted by Crippen LogP contribution is 2.22. The number of hydrogen-bond acceptors (Lipinski definition) is 4. The molecule has 102 valence electrons. The summed E-state index contributed by atoms with van der Waals surface area (Å²) < 4.78 is 7.35. The molecule has 0 amide bonds. The van der Waals surface area contributed by atoms with Gasteiger partial charge in [0.1, 0.15) is 12.4 Å². The van der Waals surface area contributed by atoms with E-state index in [0.717, 1.165) is 17.8 Å². The van der Waals surface area contributed by atoms with Crippen molar-refractivity contribution in [2.24, 2.45) is 7.05 Å². The molecule has 0 aromatic carbocycles. The molecule has 0 aliphatic rings. The van der Waals surface area contributed by atoms with Crippen molar-refractivity contribution in [3.8, 4) is 5.75 Å². The lowest BCUT2D eigenvalue weighted by atomic mass is 10.3. The topological polar surface area (TPSA) is 60.2 Å². The van der Waals surface area contributed by atoms with Gasteiger partial charge in [-0.2, -0.15) is 5.10 Å². The second-order valence-electron chi connectivity index (χ2n) is 4.12. The molecule has 19 heavy (non-hydrogen) atoms. The van der Waals surface area contributed by atoms with Crippen LogP contribution in [0.1, 0.15) is 24.0 Å². The SMILES string of the molecule is CCc1nn(C)c(COc2ccc(CO)nc2)c1Cl. The van der Waals surface area contributed by atoms with E-state index in [1.165, 1.54) is 0 Å². The summed E-state index contributed by atoms with van der Waals surface area (Å²) in [6.07, 6.45) is 2.37. The molecule has 0 saturated carbocycles. The van der Waals surface area contributed by atoms with Crippen molar-refractivity contribution in [3.05, 3.63) is 40.4 Å². The molecule has 2 heterocycles. The van der Waals surface area contributed by atoms with Crippen LogP contribution >= 0.6 is 11.6 Å². The monoisotopic (exact) mass is 281 g/mol. The molecular weight excluding hydrogens is 266 g/mol. The number of aliphatic hydroxyl groups excluding tert-OH is 1. The minimum atomic E-state index is -0.0757.